The van der Waals surface area contributed by atoms with Crippen molar-refractivity contribution in [3.8, 4) is 0 Å². The van der Waals surface area contributed by atoms with E-state index in [9.17, 15) is 27.1 Å². The van der Waals surface area contributed by atoms with Crippen molar-refractivity contribution < 1.29 is 27.1 Å². The number of aromatic nitrogens is 1. The SMILES string of the molecule is CS(=O)(=O)Nc1csc(C(=O)N[C@@H](Cc2cc(F)cc(F)c2)[C@@H](O)CNCc2cccc(I)c2)n1. The Labute approximate surface area is 219 Å². The number of rotatable bonds is 11. The van der Waals surface area contributed by atoms with Crippen LogP contribution in [0.25, 0.3) is 0 Å². The standard InChI is InChI=1S/C22H23F2IN4O4S2/c1-35(32,33)29-20-12-34-22(28-20)21(31)27-18(8-14-5-15(23)9-16(24)6-14)19(30)11-26-10-13-3-2-4-17(25)7-13/h2-7,9,12,18-19,26,29-30H,8,10-11H2,1H3,(H,27,31)/t18-,19-/m0/s1. The van der Waals surface area contributed by atoms with E-state index in [1.54, 1.807) is 0 Å². The first-order valence-corrected chi connectivity index (χ1v) is 14.2. The molecule has 8 nitrogen and oxygen atoms in total. The highest BCUT2D eigenvalue weighted by Crippen LogP contribution is 2.17. The van der Waals surface area contributed by atoms with Crippen molar-refractivity contribution in [3.63, 3.8) is 0 Å². The zero-order chi connectivity index (χ0) is 25.6. The molecule has 0 unspecified atom stereocenters. The molecular formula is C22H23F2IN4O4S2. The maximum absolute atomic E-state index is 13.7. The number of nitrogens with one attached hydrogen (secondary N) is 3. The van der Waals surface area contributed by atoms with E-state index in [4.69, 9.17) is 0 Å². The smallest absolute Gasteiger partial charge is 0.280 e. The Bertz CT molecular complexity index is 1270. The molecule has 0 aliphatic rings. The van der Waals surface area contributed by atoms with Gasteiger partial charge >= 0.3 is 0 Å². The Morgan fingerprint density at radius 3 is 2.54 bits per heavy atom. The van der Waals surface area contributed by atoms with Crippen molar-refractivity contribution in [1.82, 2.24) is 15.6 Å². The molecule has 1 amide bonds. The van der Waals surface area contributed by atoms with E-state index >= 15 is 0 Å². The van der Waals surface area contributed by atoms with Crippen LogP contribution >= 0.6 is 33.9 Å². The zero-order valence-electron chi connectivity index (χ0n) is 18.5. The van der Waals surface area contributed by atoms with E-state index in [1.165, 1.54) is 5.38 Å². The van der Waals surface area contributed by atoms with E-state index in [0.29, 0.717) is 6.54 Å². The van der Waals surface area contributed by atoms with Crippen molar-refractivity contribution in [3.05, 3.63) is 79.2 Å². The van der Waals surface area contributed by atoms with Gasteiger partial charge in [-0.1, -0.05) is 12.1 Å². The molecule has 0 aliphatic carbocycles. The fraction of sp³-hybridized carbons (Fsp3) is 0.273. The number of anilines is 1. The third-order valence-electron chi connectivity index (χ3n) is 4.72. The van der Waals surface area contributed by atoms with E-state index in [2.05, 4.69) is 42.9 Å². The third-order valence-corrected chi connectivity index (χ3v) is 6.81. The van der Waals surface area contributed by atoms with Gasteiger partial charge in [0.05, 0.1) is 18.4 Å². The first kappa shape index (κ1) is 27.4. The molecule has 0 radical (unpaired) electrons. The van der Waals surface area contributed by atoms with Crippen LogP contribution in [0.5, 0.6) is 0 Å². The molecule has 1 heterocycles. The summed E-state index contributed by atoms with van der Waals surface area (Å²) in [6.45, 7) is 0.559. The van der Waals surface area contributed by atoms with Gasteiger partial charge < -0.3 is 15.7 Å². The largest absolute Gasteiger partial charge is 0.390 e. The second-order valence-electron chi connectivity index (χ2n) is 7.80. The zero-order valence-corrected chi connectivity index (χ0v) is 22.3. The molecule has 188 valence electrons. The first-order chi connectivity index (χ1) is 16.5. The summed E-state index contributed by atoms with van der Waals surface area (Å²) in [5.41, 5.74) is 1.26. The van der Waals surface area contributed by atoms with E-state index in [-0.39, 0.29) is 29.4 Å². The van der Waals surface area contributed by atoms with Crippen LogP contribution in [0.15, 0.2) is 47.8 Å². The topological polar surface area (TPSA) is 120 Å². The molecule has 0 bridgehead atoms. The summed E-state index contributed by atoms with van der Waals surface area (Å²) < 4.78 is 53.4. The lowest BCUT2D eigenvalue weighted by Gasteiger charge is -2.24. The van der Waals surface area contributed by atoms with Crippen molar-refractivity contribution in [2.24, 2.45) is 0 Å². The van der Waals surface area contributed by atoms with Gasteiger partial charge in [0.15, 0.2) is 10.8 Å². The number of sulfonamides is 1. The molecule has 4 N–H and O–H groups in total. The number of thiazole rings is 1. The molecular weight excluding hydrogens is 613 g/mol. The number of carbonyl (C=O) groups excluding carboxylic acids is 1. The van der Waals surface area contributed by atoms with E-state index in [1.807, 2.05) is 24.3 Å². The maximum atomic E-state index is 13.7. The number of aliphatic hydroxyl groups is 1. The molecule has 0 aliphatic heterocycles. The lowest BCUT2D eigenvalue weighted by molar-refractivity contribution is 0.0829. The Balaban J connectivity index is 1.71. The number of halogens is 3. The summed E-state index contributed by atoms with van der Waals surface area (Å²) in [7, 11) is -3.57. The molecule has 2 atom stereocenters. The monoisotopic (exact) mass is 636 g/mol. The molecule has 0 spiro atoms. The Kier molecular flexibility index (Phi) is 9.52. The summed E-state index contributed by atoms with van der Waals surface area (Å²) in [4.78, 5) is 16.7. The van der Waals surface area contributed by atoms with Gasteiger partial charge in [-0.2, -0.15) is 0 Å². The summed E-state index contributed by atoms with van der Waals surface area (Å²) >= 11 is 3.11. The van der Waals surface area contributed by atoms with Crippen LogP contribution in [0, 0.1) is 15.2 Å². The molecule has 1 aromatic heterocycles. The van der Waals surface area contributed by atoms with Gasteiger partial charge in [0.2, 0.25) is 10.0 Å². The van der Waals surface area contributed by atoms with Gasteiger partial charge in [0, 0.05) is 28.1 Å². The van der Waals surface area contributed by atoms with Crippen LogP contribution in [0.1, 0.15) is 20.9 Å². The predicted octanol–water partition coefficient (Wildman–Crippen LogP) is 2.89. The average molecular weight is 636 g/mol. The fourth-order valence-electron chi connectivity index (χ4n) is 3.26. The van der Waals surface area contributed by atoms with Crippen LogP contribution < -0.4 is 15.4 Å². The second kappa shape index (κ2) is 12.2. The van der Waals surface area contributed by atoms with Crippen LogP contribution in [0.4, 0.5) is 14.6 Å². The second-order valence-corrected chi connectivity index (χ2v) is 11.7. The Morgan fingerprint density at radius 2 is 1.89 bits per heavy atom. The van der Waals surface area contributed by atoms with Crippen LogP contribution in [0.3, 0.4) is 0 Å². The Morgan fingerprint density at radius 1 is 1.17 bits per heavy atom. The summed E-state index contributed by atoms with van der Waals surface area (Å²) in [5, 5.41) is 17.9. The number of hydrogen-bond donors (Lipinski definition) is 4. The number of nitrogens with zero attached hydrogens (tertiary/aromatic N) is 1. The third kappa shape index (κ3) is 9.07. The number of benzene rings is 2. The van der Waals surface area contributed by atoms with Crippen molar-refractivity contribution >= 4 is 55.7 Å². The minimum atomic E-state index is -3.57. The molecule has 13 heteroatoms. The predicted molar refractivity (Wildman–Crippen MR) is 139 cm³/mol. The molecule has 3 aromatic rings. The van der Waals surface area contributed by atoms with Crippen molar-refractivity contribution in [2.45, 2.75) is 25.1 Å². The van der Waals surface area contributed by atoms with Gasteiger partial charge in [-0.3, -0.25) is 9.52 Å². The van der Waals surface area contributed by atoms with Crippen LogP contribution in [0.2, 0.25) is 0 Å². The first-order valence-electron chi connectivity index (χ1n) is 10.3. The van der Waals surface area contributed by atoms with Crippen molar-refractivity contribution in [2.75, 3.05) is 17.5 Å². The van der Waals surface area contributed by atoms with Gasteiger partial charge in [-0.05, 0) is 64.4 Å². The minimum Gasteiger partial charge on any atom is -0.390 e. The van der Waals surface area contributed by atoms with Crippen molar-refractivity contribution in [1.29, 1.82) is 0 Å². The van der Waals surface area contributed by atoms with E-state index in [0.717, 1.165) is 44.9 Å². The highest BCUT2D eigenvalue weighted by atomic mass is 127. The molecule has 0 saturated carbocycles. The van der Waals surface area contributed by atoms with Gasteiger partial charge in [-0.15, -0.1) is 11.3 Å². The normalized spacial score (nSPS) is 13.3. The number of hydrogen-bond acceptors (Lipinski definition) is 7. The lowest BCUT2D eigenvalue weighted by Crippen LogP contribution is -2.48. The molecule has 0 saturated heterocycles. The molecule has 2 aromatic carbocycles. The summed E-state index contributed by atoms with van der Waals surface area (Å²) in [5.74, 6) is -2.21. The average Bonchev–Trinajstić information content (AvgIpc) is 3.19. The van der Waals surface area contributed by atoms with Gasteiger partial charge in [-0.25, -0.2) is 22.2 Å². The quantitative estimate of drug-likeness (QED) is 0.241. The van der Waals surface area contributed by atoms with Gasteiger partial charge in [0.1, 0.15) is 11.6 Å². The van der Waals surface area contributed by atoms with E-state index < -0.39 is 39.7 Å². The lowest BCUT2D eigenvalue weighted by atomic mass is 10.0. The number of carbonyl (C=O) groups is 1. The summed E-state index contributed by atoms with van der Waals surface area (Å²) in [6, 6.07) is 9.87. The molecule has 3 rings (SSSR count). The minimum absolute atomic E-state index is 0.00823. The Hall–Kier alpha value is -2.20. The molecule has 35 heavy (non-hydrogen) atoms. The number of amides is 1. The summed E-state index contributed by atoms with van der Waals surface area (Å²) in [6.07, 6.45) is -0.201. The number of aliphatic hydroxyl groups excluding tert-OH is 1. The highest BCUT2D eigenvalue weighted by Gasteiger charge is 2.24. The van der Waals surface area contributed by atoms with Crippen LogP contribution in [-0.4, -0.2) is 49.4 Å². The van der Waals surface area contributed by atoms with Gasteiger partial charge in [0.25, 0.3) is 5.91 Å². The van der Waals surface area contributed by atoms with Crippen LogP contribution in [-0.2, 0) is 23.0 Å². The molecule has 0 fully saturated rings. The highest BCUT2D eigenvalue weighted by molar-refractivity contribution is 14.1. The fourth-order valence-corrected chi connectivity index (χ4v) is 5.08. The maximum Gasteiger partial charge on any atom is 0.280 e.